The highest BCUT2D eigenvalue weighted by atomic mass is 19.1. The van der Waals surface area contributed by atoms with Gasteiger partial charge in [-0.1, -0.05) is 5.16 Å². The first kappa shape index (κ1) is 16.0. The van der Waals surface area contributed by atoms with Crippen molar-refractivity contribution in [2.24, 2.45) is 0 Å². The van der Waals surface area contributed by atoms with Crippen LogP contribution in [-0.2, 0) is 4.74 Å². The molecule has 24 heavy (non-hydrogen) atoms. The highest BCUT2D eigenvalue weighted by Gasteiger charge is 2.22. The van der Waals surface area contributed by atoms with Gasteiger partial charge in [-0.05, 0) is 33.8 Å². The summed E-state index contributed by atoms with van der Waals surface area (Å²) < 4.78 is 24.1. The van der Waals surface area contributed by atoms with Crippen molar-refractivity contribution >= 4 is 17.0 Å². The zero-order valence-electron chi connectivity index (χ0n) is 13.6. The van der Waals surface area contributed by atoms with Crippen LogP contribution in [0.5, 0.6) is 0 Å². The van der Waals surface area contributed by atoms with Gasteiger partial charge in [-0.3, -0.25) is 0 Å². The molecule has 3 rings (SSSR count). The number of hydrogen-bond acceptors (Lipinski definition) is 7. The number of ether oxygens (including phenoxy) is 1. The number of hydrogen-bond donors (Lipinski definition) is 0. The first-order valence-electron chi connectivity index (χ1n) is 7.31. The first-order valence-corrected chi connectivity index (χ1v) is 7.31. The smallest absolute Gasteiger partial charge is 0.341 e. The van der Waals surface area contributed by atoms with Gasteiger partial charge in [0.1, 0.15) is 11.3 Å². The Kier molecular flexibility index (Phi) is 3.96. The number of rotatable bonds is 3. The van der Waals surface area contributed by atoms with Crippen LogP contribution in [0.1, 0.15) is 46.5 Å². The molecule has 0 N–H and O–H groups in total. The summed E-state index contributed by atoms with van der Waals surface area (Å²) in [6.07, 6.45) is -0.767. The topological polar surface area (TPSA) is 91.0 Å². The quantitative estimate of drug-likeness (QED) is 0.682. The van der Waals surface area contributed by atoms with E-state index in [1.165, 1.54) is 6.07 Å². The van der Waals surface area contributed by atoms with Gasteiger partial charge in [0.15, 0.2) is 11.9 Å². The fourth-order valence-corrected chi connectivity index (χ4v) is 2.21. The number of aryl methyl sites for hydroxylation is 3. The Morgan fingerprint density at radius 2 is 1.88 bits per heavy atom. The highest BCUT2D eigenvalue weighted by Crippen LogP contribution is 2.23. The maximum absolute atomic E-state index is 13.8. The fraction of sp³-hybridized carbons (Fsp3) is 0.312. The van der Waals surface area contributed by atoms with E-state index < -0.39 is 17.9 Å². The highest BCUT2D eigenvalue weighted by molar-refractivity contribution is 6.01. The predicted molar refractivity (Wildman–Crippen MR) is 81.8 cm³/mol. The Morgan fingerprint density at radius 3 is 2.54 bits per heavy atom. The van der Waals surface area contributed by atoms with Crippen molar-refractivity contribution in [3.05, 3.63) is 46.6 Å². The molecule has 7 nitrogen and oxygen atoms in total. The second-order valence-electron chi connectivity index (χ2n) is 5.44. The largest absolute Gasteiger partial charge is 0.449 e. The summed E-state index contributed by atoms with van der Waals surface area (Å²) in [5.74, 6) is -0.727. The molecule has 0 spiro atoms. The molecular weight excluding hydrogens is 315 g/mol. The van der Waals surface area contributed by atoms with Crippen LogP contribution in [0, 0.1) is 26.6 Å². The Labute approximate surface area is 136 Å². The van der Waals surface area contributed by atoms with E-state index in [2.05, 4.69) is 20.1 Å². The van der Waals surface area contributed by atoms with Gasteiger partial charge in [0.05, 0.1) is 22.5 Å². The van der Waals surface area contributed by atoms with Crippen molar-refractivity contribution < 1.29 is 18.4 Å². The zero-order chi connectivity index (χ0) is 17.4. The maximum atomic E-state index is 13.8. The molecule has 0 saturated carbocycles. The van der Waals surface area contributed by atoms with Crippen LogP contribution in [0.15, 0.2) is 16.7 Å². The molecule has 8 heteroatoms. The third kappa shape index (κ3) is 2.94. The lowest BCUT2D eigenvalue weighted by Crippen LogP contribution is -2.12. The van der Waals surface area contributed by atoms with Crippen LogP contribution in [0.4, 0.5) is 4.39 Å². The van der Waals surface area contributed by atoms with Crippen LogP contribution < -0.4 is 0 Å². The summed E-state index contributed by atoms with van der Waals surface area (Å²) in [7, 11) is 0. The van der Waals surface area contributed by atoms with Gasteiger partial charge in [-0.15, -0.1) is 0 Å². The maximum Gasteiger partial charge on any atom is 0.341 e. The van der Waals surface area contributed by atoms with E-state index >= 15 is 0 Å². The normalized spacial score (nSPS) is 12.4. The van der Waals surface area contributed by atoms with E-state index in [1.54, 1.807) is 27.7 Å². The standard InChI is InChI=1S/C16H15FN4O3/c1-7-8(2)19-14-12(5-11(17)6-13(14)18-7)16(22)23-9(3)15-20-10(4)21-24-15/h5-6,9H,1-4H3/t9-/m0/s1. The number of fused-ring (bicyclic) bond motifs is 1. The van der Waals surface area contributed by atoms with Crippen molar-refractivity contribution in [1.29, 1.82) is 0 Å². The van der Waals surface area contributed by atoms with Crippen LogP contribution in [0.2, 0.25) is 0 Å². The molecule has 0 radical (unpaired) electrons. The predicted octanol–water partition coefficient (Wildman–Crippen LogP) is 3.00. The Hall–Kier alpha value is -2.90. The number of aromatic nitrogens is 4. The molecule has 2 heterocycles. The molecule has 1 aromatic carbocycles. The summed E-state index contributed by atoms with van der Waals surface area (Å²) in [4.78, 5) is 25.1. The van der Waals surface area contributed by atoms with Crippen LogP contribution >= 0.6 is 0 Å². The third-order valence-electron chi connectivity index (χ3n) is 3.54. The summed E-state index contributed by atoms with van der Waals surface area (Å²) in [6, 6.07) is 2.32. The van der Waals surface area contributed by atoms with Crippen molar-refractivity contribution in [3.8, 4) is 0 Å². The summed E-state index contributed by atoms with van der Waals surface area (Å²) in [5, 5.41) is 3.64. The lowest BCUT2D eigenvalue weighted by atomic mass is 10.1. The fourth-order valence-electron chi connectivity index (χ4n) is 2.21. The lowest BCUT2D eigenvalue weighted by Gasteiger charge is -2.11. The molecule has 0 amide bonds. The third-order valence-corrected chi connectivity index (χ3v) is 3.54. The average Bonchev–Trinajstić information content (AvgIpc) is 2.95. The molecule has 1 atom stereocenters. The summed E-state index contributed by atoms with van der Waals surface area (Å²) in [6.45, 7) is 6.78. The van der Waals surface area contributed by atoms with Crippen LogP contribution in [0.3, 0.4) is 0 Å². The number of nitrogens with zero attached hydrogens (tertiary/aromatic N) is 4. The Morgan fingerprint density at radius 1 is 1.17 bits per heavy atom. The molecule has 0 fully saturated rings. The molecule has 3 aromatic rings. The Balaban J connectivity index is 1.98. The summed E-state index contributed by atoms with van der Waals surface area (Å²) in [5.41, 5.74) is 1.92. The minimum Gasteiger partial charge on any atom is -0.449 e. The van der Waals surface area contributed by atoms with Gasteiger partial charge in [0.25, 0.3) is 5.89 Å². The van der Waals surface area contributed by atoms with Gasteiger partial charge in [-0.2, -0.15) is 4.98 Å². The minimum atomic E-state index is -0.767. The van der Waals surface area contributed by atoms with Crippen LogP contribution in [0.25, 0.3) is 11.0 Å². The summed E-state index contributed by atoms with van der Waals surface area (Å²) >= 11 is 0. The van der Waals surface area contributed by atoms with E-state index in [1.807, 2.05) is 0 Å². The minimum absolute atomic E-state index is 0.00341. The van der Waals surface area contributed by atoms with E-state index in [0.29, 0.717) is 28.2 Å². The molecule has 124 valence electrons. The van der Waals surface area contributed by atoms with Gasteiger partial charge in [-0.25, -0.2) is 19.2 Å². The number of carbonyl (C=O) groups is 1. The Bertz CT molecular complexity index is 938. The molecule has 0 bridgehead atoms. The van der Waals surface area contributed by atoms with Crippen molar-refractivity contribution in [2.75, 3.05) is 0 Å². The van der Waals surface area contributed by atoms with Crippen molar-refractivity contribution in [1.82, 2.24) is 20.1 Å². The van der Waals surface area contributed by atoms with Crippen molar-refractivity contribution in [2.45, 2.75) is 33.8 Å². The number of esters is 1. The van der Waals surface area contributed by atoms with E-state index in [0.717, 1.165) is 6.07 Å². The molecular formula is C16H15FN4O3. The molecule has 0 unspecified atom stereocenters. The van der Waals surface area contributed by atoms with Gasteiger partial charge in [0, 0.05) is 6.07 Å². The zero-order valence-corrected chi connectivity index (χ0v) is 13.6. The average molecular weight is 330 g/mol. The first-order chi connectivity index (χ1) is 11.3. The molecule has 0 saturated heterocycles. The number of halogens is 1. The SMILES string of the molecule is Cc1noc([C@H](C)OC(=O)c2cc(F)cc3nc(C)c(C)nc23)n1. The number of benzene rings is 1. The van der Waals surface area contributed by atoms with E-state index in [9.17, 15) is 9.18 Å². The second-order valence-corrected chi connectivity index (χ2v) is 5.44. The molecule has 0 aliphatic heterocycles. The van der Waals surface area contributed by atoms with E-state index in [4.69, 9.17) is 9.26 Å². The molecule has 0 aliphatic carbocycles. The van der Waals surface area contributed by atoms with E-state index in [-0.39, 0.29) is 11.5 Å². The monoisotopic (exact) mass is 330 g/mol. The van der Waals surface area contributed by atoms with Gasteiger partial charge in [0.2, 0.25) is 0 Å². The van der Waals surface area contributed by atoms with Gasteiger partial charge >= 0.3 is 5.97 Å². The van der Waals surface area contributed by atoms with Gasteiger partial charge < -0.3 is 9.26 Å². The molecule has 0 aliphatic rings. The second kappa shape index (κ2) is 5.95. The number of carbonyl (C=O) groups excluding carboxylic acids is 1. The molecule has 2 aromatic heterocycles. The van der Waals surface area contributed by atoms with Crippen LogP contribution in [-0.4, -0.2) is 26.1 Å². The van der Waals surface area contributed by atoms with Crippen molar-refractivity contribution in [3.63, 3.8) is 0 Å². The lowest BCUT2D eigenvalue weighted by molar-refractivity contribution is 0.0267.